The number of hydrogen-bond acceptors (Lipinski definition) is 6. The van der Waals surface area contributed by atoms with Crippen molar-refractivity contribution in [2.75, 3.05) is 0 Å². The summed E-state index contributed by atoms with van der Waals surface area (Å²) in [6.07, 6.45) is 1.42. The predicted molar refractivity (Wildman–Crippen MR) is 108 cm³/mol. The first-order valence-corrected chi connectivity index (χ1v) is 9.06. The van der Waals surface area contributed by atoms with Crippen LogP contribution < -0.4 is 0 Å². The van der Waals surface area contributed by atoms with Crippen molar-refractivity contribution in [2.45, 2.75) is 6.92 Å². The number of carbonyl (C=O) groups is 1. The molecule has 0 saturated carbocycles. The van der Waals surface area contributed by atoms with Crippen LogP contribution in [-0.2, 0) is 4.79 Å². The number of amides is 1. The highest BCUT2D eigenvalue weighted by Gasteiger charge is 2.36. The van der Waals surface area contributed by atoms with Crippen molar-refractivity contribution in [1.29, 1.82) is 5.41 Å². The van der Waals surface area contributed by atoms with Gasteiger partial charge in [-0.1, -0.05) is 42.0 Å². The van der Waals surface area contributed by atoms with Crippen molar-refractivity contribution in [3.05, 3.63) is 80.9 Å². The molecule has 2 aliphatic heterocycles. The summed E-state index contributed by atoms with van der Waals surface area (Å²) in [5, 5.41) is 26.0. The fraction of sp³-hybridized carbons (Fsp3) is 0.0526. The van der Waals surface area contributed by atoms with Crippen LogP contribution in [0.2, 0.25) is 0 Å². The highest BCUT2D eigenvalue weighted by molar-refractivity contribution is 8.27. The van der Waals surface area contributed by atoms with Crippen LogP contribution in [0.15, 0.2) is 64.2 Å². The third kappa shape index (κ3) is 3.23. The lowest BCUT2D eigenvalue weighted by atomic mass is 10.1. The monoisotopic (exact) mass is 391 g/mol. The van der Waals surface area contributed by atoms with Crippen molar-refractivity contribution < 1.29 is 9.72 Å². The number of amidine groups is 2. The zero-order valence-corrected chi connectivity index (χ0v) is 15.4. The number of thioether (sulfide) groups is 1. The number of fused-ring (bicyclic) bond motifs is 1. The van der Waals surface area contributed by atoms with E-state index in [-0.39, 0.29) is 17.1 Å². The quantitative estimate of drug-likeness (QED) is 0.488. The van der Waals surface area contributed by atoms with Crippen LogP contribution in [-0.4, -0.2) is 31.9 Å². The molecule has 1 amide bonds. The van der Waals surface area contributed by atoms with Crippen molar-refractivity contribution in [3.8, 4) is 0 Å². The summed E-state index contributed by atoms with van der Waals surface area (Å²) in [4.78, 5) is 26.9. The van der Waals surface area contributed by atoms with Gasteiger partial charge in [0.25, 0.3) is 11.6 Å². The van der Waals surface area contributed by atoms with Gasteiger partial charge >= 0.3 is 0 Å². The molecule has 28 heavy (non-hydrogen) atoms. The summed E-state index contributed by atoms with van der Waals surface area (Å²) < 4.78 is 0. The molecule has 138 valence electrons. The molecule has 2 aliphatic rings. The highest BCUT2D eigenvalue weighted by atomic mass is 32.2. The van der Waals surface area contributed by atoms with Gasteiger partial charge in [-0.15, -0.1) is 0 Å². The minimum atomic E-state index is -0.574. The molecule has 0 bridgehead atoms. The second kappa shape index (κ2) is 6.86. The van der Waals surface area contributed by atoms with Crippen molar-refractivity contribution >= 4 is 45.5 Å². The van der Waals surface area contributed by atoms with Crippen molar-refractivity contribution in [3.63, 3.8) is 0 Å². The highest BCUT2D eigenvalue weighted by Crippen LogP contribution is 2.31. The zero-order chi connectivity index (χ0) is 19.8. The summed E-state index contributed by atoms with van der Waals surface area (Å²) in [5.41, 5.74) is 2.36. The van der Waals surface area contributed by atoms with Crippen LogP contribution in [0, 0.1) is 22.4 Å². The molecule has 8 nitrogen and oxygen atoms in total. The van der Waals surface area contributed by atoms with Crippen LogP contribution >= 0.6 is 11.8 Å². The van der Waals surface area contributed by atoms with Gasteiger partial charge in [-0.3, -0.25) is 20.3 Å². The number of aliphatic imine (C=N–C) groups is 1. The molecule has 2 aromatic carbocycles. The molecule has 0 aliphatic carbocycles. The van der Waals surface area contributed by atoms with Gasteiger partial charge in [-0.2, -0.15) is 15.1 Å². The molecule has 4 rings (SSSR count). The van der Waals surface area contributed by atoms with E-state index in [1.807, 2.05) is 31.2 Å². The Balaban J connectivity index is 1.68. The maximum atomic E-state index is 12.4. The van der Waals surface area contributed by atoms with Gasteiger partial charge in [-0.25, -0.2) is 0 Å². The second-order valence-electron chi connectivity index (χ2n) is 6.14. The van der Waals surface area contributed by atoms with Gasteiger partial charge in [0.05, 0.1) is 10.5 Å². The van der Waals surface area contributed by atoms with Crippen LogP contribution in [0.3, 0.4) is 0 Å². The number of benzene rings is 2. The summed E-state index contributed by atoms with van der Waals surface area (Å²) in [6.45, 7) is 1.99. The zero-order valence-electron chi connectivity index (χ0n) is 14.6. The molecular weight excluding hydrogens is 378 g/mol. The number of nitro benzene ring substituents is 1. The molecule has 0 unspecified atom stereocenters. The van der Waals surface area contributed by atoms with Gasteiger partial charge in [0, 0.05) is 17.7 Å². The Morgan fingerprint density at radius 2 is 1.96 bits per heavy atom. The fourth-order valence-corrected chi connectivity index (χ4v) is 3.60. The number of rotatable bonds is 3. The van der Waals surface area contributed by atoms with E-state index in [0.717, 1.165) is 11.1 Å². The average Bonchev–Trinajstić information content (AvgIpc) is 3.10. The first-order chi connectivity index (χ1) is 13.4. The minimum Gasteiger partial charge on any atom is -0.282 e. The van der Waals surface area contributed by atoms with E-state index in [0.29, 0.717) is 15.8 Å². The molecule has 0 saturated heterocycles. The van der Waals surface area contributed by atoms with Crippen LogP contribution in [0.1, 0.15) is 16.7 Å². The predicted octanol–water partition coefficient (Wildman–Crippen LogP) is 3.57. The molecule has 2 heterocycles. The SMILES string of the molecule is Cc1ccc(C2=NN3C(=N)/C(=C/c4cccc([N+](=O)[O-])c4)C(=O)N=C3S2)cc1. The van der Waals surface area contributed by atoms with Crippen LogP contribution in [0.25, 0.3) is 6.08 Å². The number of nitrogens with one attached hydrogen (secondary N) is 1. The van der Waals surface area contributed by atoms with Gasteiger partial charge in [0.1, 0.15) is 5.04 Å². The molecule has 1 N–H and O–H groups in total. The third-order valence-corrected chi connectivity index (χ3v) is 5.10. The molecule has 0 radical (unpaired) electrons. The molecule has 0 fully saturated rings. The number of hydrogen-bond donors (Lipinski definition) is 1. The Kier molecular flexibility index (Phi) is 4.36. The number of carbonyl (C=O) groups excluding carboxylic acids is 1. The average molecular weight is 391 g/mol. The lowest BCUT2D eigenvalue weighted by molar-refractivity contribution is -0.384. The van der Waals surface area contributed by atoms with E-state index < -0.39 is 10.8 Å². The fourth-order valence-electron chi connectivity index (χ4n) is 2.70. The largest absolute Gasteiger partial charge is 0.283 e. The summed E-state index contributed by atoms with van der Waals surface area (Å²) >= 11 is 1.22. The summed E-state index contributed by atoms with van der Waals surface area (Å²) in [5.74, 6) is -0.688. The topological polar surface area (TPSA) is 112 Å². The van der Waals surface area contributed by atoms with E-state index in [1.165, 1.54) is 41.0 Å². The van der Waals surface area contributed by atoms with E-state index >= 15 is 0 Å². The Bertz CT molecular complexity index is 1120. The number of hydrazone groups is 1. The first kappa shape index (κ1) is 17.8. The van der Waals surface area contributed by atoms with Gasteiger partial charge in [0.2, 0.25) is 5.17 Å². The van der Waals surface area contributed by atoms with Gasteiger partial charge < -0.3 is 0 Å². The Morgan fingerprint density at radius 3 is 2.68 bits per heavy atom. The molecule has 0 aromatic heterocycles. The summed E-state index contributed by atoms with van der Waals surface area (Å²) in [6, 6.07) is 13.6. The van der Waals surface area contributed by atoms with Crippen LogP contribution in [0.5, 0.6) is 0 Å². The maximum absolute atomic E-state index is 12.4. The lowest BCUT2D eigenvalue weighted by Gasteiger charge is -2.20. The first-order valence-electron chi connectivity index (χ1n) is 8.24. The van der Waals surface area contributed by atoms with E-state index in [2.05, 4.69) is 10.1 Å². The van der Waals surface area contributed by atoms with Gasteiger partial charge in [-0.05, 0) is 30.3 Å². The van der Waals surface area contributed by atoms with E-state index in [1.54, 1.807) is 6.07 Å². The Morgan fingerprint density at radius 1 is 1.21 bits per heavy atom. The summed E-state index contributed by atoms with van der Waals surface area (Å²) in [7, 11) is 0. The second-order valence-corrected chi connectivity index (χ2v) is 7.10. The normalized spacial score (nSPS) is 17.5. The standard InChI is InChI=1S/C19H13N5O3S/c1-11-5-7-13(8-6-11)18-22-23-16(20)15(17(25)21-19(23)28-18)10-12-3-2-4-14(9-12)24(26)27/h2-10,20H,1H3/b15-10-,20-16?. The van der Waals surface area contributed by atoms with E-state index in [4.69, 9.17) is 5.41 Å². The number of non-ortho nitro benzene ring substituents is 1. The number of aryl methyl sites for hydroxylation is 1. The van der Waals surface area contributed by atoms with Crippen molar-refractivity contribution in [1.82, 2.24) is 5.01 Å². The van der Waals surface area contributed by atoms with Gasteiger partial charge in [0.15, 0.2) is 5.84 Å². The maximum Gasteiger partial charge on any atom is 0.283 e. The molecule has 0 spiro atoms. The molecule has 2 aromatic rings. The minimum absolute atomic E-state index is 0.0266. The molecular formula is C19H13N5O3S. The van der Waals surface area contributed by atoms with E-state index in [9.17, 15) is 14.9 Å². The third-order valence-electron chi connectivity index (χ3n) is 4.15. The Labute approximate surface area is 163 Å². The Hall–Kier alpha value is -3.59. The van der Waals surface area contributed by atoms with Crippen molar-refractivity contribution in [2.24, 2.45) is 10.1 Å². The molecule has 9 heteroatoms. The smallest absolute Gasteiger partial charge is 0.282 e. The molecule has 0 atom stereocenters. The van der Waals surface area contributed by atoms with Crippen LogP contribution in [0.4, 0.5) is 5.69 Å². The number of nitrogens with zero attached hydrogens (tertiary/aromatic N) is 4. The number of nitro groups is 1. The lowest BCUT2D eigenvalue weighted by Crippen LogP contribution is -2.35.